The lowest BCUT2D eigenvalue weighted by Crippen LogP contribution is -1.94. The Morgan fingerprint density at radius 2 is 2.27 bits per heavy atom. The molecule has 0 radical (unpaired) electrons. The molecule has 0 aliphatic heterocycles. The molecular formula is C10H13N3OS. The van der Waals surface area contributed by atoms with Gasteiger partial charge in [-0.2, -0.15) is 0 Å². The molecule has 0 saturated carbocycles. The van der Waals surface area contributed by atoms with Gasteiger partial charge in [-0.3, -0.25) is 0 Å². The molecule has 0 spiro atoms. The summed E-state index contributed by atoms with van der Waals surface area (Å²) in [5.74, 6) is 1.52. The van der Waals surface area contributed by atoms with E-state index >= 15 is 0 Å². The van der Waals surface area contributed by atoms with Gasteiger partial charge in [-0.15, -0.1) is 11.3 Å². The number of aryl methyl sites for hydroxylation is 2. The van der Waals surface area contributed by atoms with Gasteiger partial charge in [0.05, 0.1) is 5.69 Å². The minimum atomic E-state index is 0.471. The first-order chi connectivity index (χ1) is 7.24. The fraction of sp³-hybridized carbons (Fsp3) is 0.400. The second-order valence-corrected chi connectivity index (χ2v) is 4.15. The Kier molecular flexibility index (Phi) is 2.83. The molecule has 2 aromatic rings. The van der Waals surface area contributed by atoms with Crippen molar-refractivity contribution in [3.05, 3.63) is 22.0 Å². The Bertz CT molecular complexity index is 461. The van der Waals surface area contributed by atoms with Gasteiger partial charge in [0.25, 0.3) is 0 Å². The first-order valence-electron chi connectivity index (χ1n) is 4.85. The normalized spacial score (nSPS) is 10.9. The van der Waals surface area contributed by atoms with Gasteiger partial charge in [0.15, 0.2) is 11.7 Å². The van der Waals surface area contributed by atoms with Crippen LogP contribution < -0.4 is 5.73 Å². The molecule has 0 fully saturated rings. The van der Waals surface area contributed by atoms with Gasteiger partial charge < -0.3 is 10.2 Å². The molecule has 2 heterocycles. The summed E-state index contributed by atoms with van der Waals surface area (Å²) in [5.41, 5.74) is 7.24. The second kappa shape index (κ2) is 4.12. The maximum absolute atomic E-state index is 5.60. The first-order valence-corrected chi connectivity index (χ1v) is 5.73. The topological polar surface area (TPSA) is 64.9 Å². The zero-order chi connectivity index (χ0) is 10.8. The predicted octanol–water partition coefficient (Wildman–Crippen LogP) is 2.13. The minimum Gasteiger partial charge on any atom is -0.439 e. The summed E-state index contributed by atoms with van der Waals surface area (Å²) in [7, 11) is 0. The zero-order valence-electron chi connectivity index (χ0n) is 8.78. The predicted molar refractivity (Wildman–Crippen MR) is 59.6 cm³/mol. The lowest BCUT2D eigenvalue weighted by atomic mass is 10.3. The molecule has 4 nitrogen and oxygen atoms in total. The Morgan fingerprint density at radius 3 is 2.80 bits per heavy atom. The summed E-state index contributed by atoms with van der Waals surface area (Å²) < 4.78 is 5.60. The maximum atomic E-state index is 5.60. The van der Waals surface area contributed by atoms with Crippen molar-refractivity contribution in [2.45, 2.75) is 26.8 Å². The summed E-state index contributed by atoms with van der Waals surface area (Å²) in [5, 5.41) is 2.87. The van der Waals surface area contributed by atoms with Crippen molar-refractivity contribution in [3.63, 3.8) is 0 Å². The van der Waals surface area contributed by atoms with Crippen LogP contribution >= 0.6 is 11.3 Å². The summed E-state index contributed by atoms with van der Waals surface area (Å²) >= 11 is 1.55. The van der Waals surface area contributed by atoms with E-state index in [1.165, 1.54) is 0 Å². The SMILES string of the molecule is CCc1nc(C)c(-c2csc(CN)n2)o1. The van der Waals surface area contributed by atoms with Crippen LogP contribution in [0.15, 0.2) is 9.80 Å². The molecule has 2 N–H and O–H groups in total. The van der Waals surface area contributed by atoms with Gasteiger partial charge in [-0.05, 0) is 6.92 Å². The zero-order valence-corrected chi connectivity index (χ0v) is 9.60. The van der Waals surface area contributed by atoms with E-state index in [1.807, 2.05) is 19.2 Å². The van der Waals surface area contributed by atoms with Crippen LogP contribution in [0.1, 0.15) is 23.5 Å². The lowest BCUT2D eigenvalue weighted by molar-refractivity contribution is 0.512. The van der Waals surface area contributed by atoms with Crippen molar-refractivity contribution in [2.75, 3.05) is 0 Å². The van der Waals surface area contributed by atoms with Crippen molar-refractivity contribution >= 4 is 11.3 Å². The van der Waals surface area contributed by atoms with Crippen LogP contribution in [0, 0.1) is 6.92 Å². The highest BCUT2D eigenvalue weighted by Crippen LogP contribution is 2.25. The van der Waals surface area contributed by atoms with E-state index in [1.54, 1.807) is 11.3 Å². The molecule has 0 aliphatic carbocycles. The quantitative estimate of drug-likeness (QED) is 0.865. The van der Waals surface area contributed by atoms with Gasteiger partial charge >= 0.3 is 0 Å². The molecule has 0 saturated heterocycles. The summed E-state index contributed by atoms with van der Waals surface area (Å²) in [4.78, 5) is 8.67. The first kappa shape index (κ1) is 10.3. The van der Waals surface area contributed by atoms with E-state index < -0.39 is 0 Å². The van der Waals surface area contributed by atoms with Gasteiger partial charge in [-0.25, -0.2) is 9.97 Å². The van der Waals surface area contributed by atoms with Gasteiger partial charge in [0.1, 0.15) is 10.7 Å². The van der Waals surface area contributed by atoms with Crippen molar-refractivity contribution in [2.24, 2.45) is 5.73 Å². The Hall–Kier alpha value is -1.20. The number of nitrogens with two attached hydrogens (primary N) is 1. The third-order valence-electron chi connectivity index (χ3n) is 2.10. The molecule has 5 heteroatoms. The molecule has 0 amide bonds. The minimum absolute atomic E-state index is 0.471. The molecule has 0 atom stereocenters. The van der Waals surface area contributed by atoms with E-state index in [2.05, 4.69) is 9.97 Å². The van der Waals surface area contributed by atoms with Crippen molar-refractivity contribution in [3.8, 4) is 11.5 Å². The smallest absolute Gasteiger partial charge is 0.194 e. The molecule has 2 rings (SSSR count). The molecule has 0 aliphatic rings. The standard InChI is InChI=1S/C10H13N3OS/c1-3-8-12-6(2)10(14-8)7-5-15-9(4-11)13-7/h5H,3-4,11H2,1-2H3. The third kappa shape index (κ3) is 1.93. The lowest BCUT2D eigenvalue weighted by Gasteiger charge is -1.90. The van der Waals surface area contributed by atoms with E-state index in [0.29, 0.717) is 6.54 Å². The molecule has 0 bridgehead atoms. The Labute approximate surface area is 92.2 Å². The molecular weight excluding hydrogens is 210 g/mol. The van der Waals surface area contributed by atoms with Crippen LogP contribution in [0.4, 0.5) is 0 Å². The van der Waals surface area contributed by atoms with Crippen LogP contribution in [-0.2, 0) is 13.0 Å². The van der Waals surface area contributed by atoms with Gasteiger partial charge in [0, 0.05) is 18.3 Å². The summed E-state index contributed by atoms with van der Waals surface area (Å²) in [6, 6.07) is 0. The fourth-order valence-corrected chi connectivity index (χ4v) is 2.00. The highest BCUT2D eigenvalue weighted by atomic mass is 32.1. The monoisotopic (exact) mass is 223 g/mol. The fourth-order valence-electron chi connectivity index (χ4n) is 1.35. The van der Waals surface area contributed by atoms with E-state index in [9.17, 15) is 0 Å². The summed E-state index contributed by atoms with van der Waals surface area (Å²) in [6.07, 6.45) is 0.800. The average Bonchev–Trinajstić information content (AvgIpc) is 2.83. The van der Waals surface area contributed by atoms with Crippen LogP contribution in [0.3, 0.4) is 0 Å². The number of hydrogen-bond donors (Lipinski definition) is 1. The Balaban J connectivity index is 2.39. The number of rotatable bonds is 3. The number of hydrogen-bond acceptors (Lipinski definition) is 5. The second-order valence-electron chi connectivity index (χ2n) is 3.21. The van der Waals surface area contributed by atoms with Crippen molar-refractivity contribution in [1.82, 2.24) is 9.97 Å². The Morgan fingerprint density at radius 1 is 1.47 bits per heavy atom. The third-order valence-corrected chi connectivity index (χ3v) is 2.97. The highest BCUT2D eigenvalue weighted by Gasteiger charge is 2.13. The van der Waals surface area contributed by atoms with Crippen LogP contribution in [-0.4, -0.2) is 9.97 Å². The van der Waals surface area contributed by atoms with Crippen LogP contribution in [0.2, 0.25) is 0 Å². The van der Waals surface area contributed by atoms with Gasteiger partial charge in [0.2, 0.25) is 0 Å². The van der Waals surface area contributed by atoms with Crippen molar-refractivity contribution in [1.29, 1.82) is 0 Å². The van der Waals surface area contributed by atoms with Gasteiger partial charge in [-0.1, -0.05) is 6.92 Å². The molecule has 2 aromatic heterocycles. The average molecular weight is 223 g/mol. The molecule has 0 aromatic carbocycles. The van der Waals surface area contributed by atoms with Crippen LogP contribution in [0.5, 0.6) is 0 Å². The number of oxazole rings is 1. The number of thiazole rings is 1. The van der Waals surface area contributed by atoms with Crippen LogP contribution in [0.25, 0.3) is 11.5 Å². The molecule has 80 valence electrons. The van der Waals surface area contributed by atoms with E-state index in [0.717, 1.165) is 34.5 Å². The highest BCUT2D eigenvalue weighted by molar-refractivity contribution is 7.09. The largest absolute Gasteiger partial charge is 0.439 e. The van der Waals surface area contributed by atoms with Crippen molar-refractivity contribution < 1.29 is 4.42 Å². The summed E-state index contributed by atoms with van der Waals surface area (Å²) in [6.45, 7) is 4.42. The molecule has 15 heavy (non-hydrogen) atoms. The number of aromatic nitrogens is 2. The molecule has 0 unspecified atom stereocenters. The maximum Gasteiger partial charge on any atom is 0.194 e. The van der Waals surface area contributed by atoms with E-state index in [4.69, 9.17) is 10.2 Å². The number of nitrogens with zero attached hydrogens (tertiary/aromatic N) is 2. The van der Waals surface area contributed by atoms with E-state index in [-0.39, 0.29) is 0 Å².